The Balaban J connectivity index is -0.000000250. The quantitative estimate of drug-likeness (QED) is 0.123. The summed E-state index contributed by atoms with van der Waals surface area (Å²) in [7, 11) is 15.6. The molecular weight excluding hydrogens is 703 g/mol. The van der Waals surface area contributed by atoms with Gasteiger partial charge in [-0.3, -0.25) is 4.79 Å². The first-order valence-corrected chi connectivity index (χ1v) is 16.7. The number of aromatic nitrogens is 9. The van der Waals surface area contributed by atoms with Crippen molar-refractivity contribution in [3.05, 3.63) is 102 Å². The molecule has 0 saturated carbocycles. The van der Waals surface area contributed by atoms with Gasteiger partial charge >= 0.3 is 5.97 Å². The van der Waals surface area contributed by atoms with Crippen molar-refractivity contribution >= 4 is 5.97 Å². The molecule has 4 heterocycles. The molecule has 11 nitrogen and oxygen atoms in total. The van der Waals surface area contributed by atoms with E-state index in [0.717, 1.165) is 5.82 Å². The summed E-state index contributed by atoms with van der Waals surface area (Å²) in [5.74, 6) is 3.27. The summed E-state index contributed by atoms with van der Waals surface area (Å²) in [6.07, 6.45) is 9.87. The van der Waals surface area contributed by atoms with E-state index in [4.69, 9.17) is 0 Å². The molecule has 0 amide bonds. The molecule has 1 aromatic carbocycles. The number of carbonyl (C=O) groups excluding carboxylic acids is 1. The van der Waals surface area contributed by atoms with E-state index in [1.54, 1.807) is 6.33 Å². The first-order valence-electron chi connectivity index (χ1n) is 16.7. The fraction of sp³-hybridized carbons (Fsp3) is 0.526. The fourth-order valence-electron chi connectivity index (χ4n) is 3.45. The Morgan fingerprint density at radius 2 is 1.32 bits per heavy atom. The number of rotatable bonds is 0. The number of methoxy groups -OCH3 is 1. The molecule has 4 aromatic heterocycles. The second kappa shape index (κ2) is 30.4. The summed E-state index contributed by atoms with van der Waals surface area (Å²) in [5.41, 5.74) is 5.27. The third-order valence-corrected chi connectivity index (χ3v) is 7.45. The van der Waals surface area contributed by atoms with Gasteiger partial charge in [-0.1, -0.05) is 34.6 Å². The number of aryl methyl sites for hydroxylation is 8. The Bertz CT molecular complexity index is 1430. The average molecular weight is 773 g/mol. The van der Waals surface area contributed by atoms with Crippen LogP contribution in [0, 0.1) is 54.5 Å². The standard InChI is InChI=1S/C8H15N2.C7H7.2C6H11N2.C4H7N3.C3H6O2.2C2H6.Y/c1-6-7(2)10(5)8(3)9(6)4;1-7-5-3-2-4-6-7;1-6-4-7(2)5-8(6)3;1-6-7(2)4-5-8(6)3;1-4-6-5-3-7(4)2;1-3(4)5-2;2*1-2;/h1-5H3;3-6H,1H3;2*4-5H,1-3H3;3H,1-2H3;1-2H3;2*1-2H3;/q+1;-1;2*+1;;;;;. The average Bonchev–Trinajstić information content (AvgIpc) is 3.77. The third-order valence-electron chi connectivity index (χ3n) is 7.45. The summed E-state index contributed by atoms with van der Waals surface area (Å²) in [5, 5.41) is 7.36. The number of ether oxygens (including phenoxy) is 1. The Labute approximate surface area is 329 Å². The van der Waals surface area contributed by atoms with Crippen LogP contribution in [0.1, 0.15) is 74.7 Å². The number of hydrogen-bond acceptors (Lipinski definition) is 4. The van der Waals surface area contributed by atoms with Crippen molar-refractivity contribution in [2.24, 2.45) is 49.3 Å². The van der Waals surface area contributed by atoms with Crippen molar-refractivity contribution in [2.45, 2.75) is 83.1 Å². The minimum atomic E-state index is -0.245. The van der Waals surface area contributed by atoms with E-state index in [1.165, 1.54) is 48.3 Å². The summed E-state index contributed by atoms with van der Waals surface area (Å²) in [4.78, 5) is 9.59. The maximum Gasteiger partial charge on any atom is 0.302 e. The van der Waals surface area contributed by atoms with Gasteiger partial charge < -0.3 is 9.30 Å². The van der Waals surface area contributed by atoms with Crippen LogP contribution in [0.15, 0.2) is 55.5 Å². The molecule has 0 spiro atoms. The molecule has 0 atom stereocenters. The van der Waals surface area contributed by atoms with E-state index in [0.29, 0.717) is 0 Å². The van der Waals surface area contributed by atoms with Crippen LogP contribution in [0.4, 0.5) is 0 Å². The molecule has 12 heteroatoms. The van der Waals surface area contributed by atoms with Crippen LogP contribution in [-0.2, 0) is 91.6 Å². The van der Waals surface area contributed by atoms with Gasteiger partial charge in [0.2, 0.25) is 6.33 Å². The van der Waals surface area contributed by atoms with Crippen LogP contribution in [0.3, 0.4) is 0 Å². The molecule has 0 fully saturated rings. The summed E-state index contributed by atoms with van der Waals surface area (Å²) in [6, 6.07) is 10.8. The Morgan fingerprint density at radius 3 is 1.44 bits per heavy atom. The van der Waals surface area contributed by atoms with E-state index in [1.807, 2.05) is 122 Å². The van der Waals surface area contributed by atoms with E-state index < -0.39 is 0 Å². The zero-order valence-corrected chi connectivity index (χ0v) is 38.0. The molecule has 0 unspecified atom stereocenters. The molecule has 0 aliphatic rings. The second-order valence-corrected chi connectivity index (χ2v) is 10.8. The summed E-state index contributed by atoms with van der Waals surface area (Å²) in [6.45, 7) is 23.9. The van der Waals surface area contributed by atoms with E-state index >= 15 is 0 Å². The number of nitrogens with zero attached hydrogens (tertiary/aromatic N) is 9. The Kier molecular flexibility index (Phi) is 32.4. The van der Waals surface area contributed by atoms with E-state index in [9.17, 15) is 4.79 Å². The number of carbonyl (C=O) groups is 1. The van der Waals surface area contributed by atoms with Crippen molar-refractivity contribution in [3.63, 3.8) is 0 Å². The smallest absolute Gasteiger partial charge is 0.302 e. The Hall–Kier alpha value is -3.44. The predicted octanol–water partition coefficient (Wildman–Crippen LogP) is 5.24. The number of imidazole rings is 3. The molecule has 5 rings (SSSR count). The van der Waals surface area contributed by atoms with Gasteiger partial charge in [0.25, 0.3) is 11.6 Å². The van der Waals surface area contributed by atoms with Gasteiger partial charge in [0.1, 0.15) is 47.8 Å². The van der Waals surface area contributed by atoms with Gasteiger partial charge in [-0.2, -0.15) is 35.9 Å². The van der Waals surface area contributed by atoms with Gasteiger partial charge in [-0.05, 0) is 6.92 Å². The molecule has 0 bridgehead atoms. The largest absolute Gasteiger partial charge is 0.469 e. The van der Waals surface area contributed by atoms with Crippen LogP contribution in [0.5, 0.6) is 0 Å². The van der Waals surface area contributed by atoms with Crippen molar-refractivity contribution in [1.82, 2.24) is 28.5 Å². The molecule has 0 N–H and O–H groups in total. The molecule has 0 aliphatic carbocycles. The van der Waals surface area contributed by atoms with Crippen molar-refractivity contribution < 1.29 is 55.9 Å². The summed E-state index contributed by atoms with van der Waals surface area (Å²) >= 11 is 0. The van der Waals surface area contributed by atoms with Crippen LogP contribution >= 0.6 is 0 Å². The monoisotopic (exact) mass is 772 g/mol. The topological polar surface area (TPSA) is 83.4 Å². The van der Waals surface area contributed by atoms with Crippen LogP contribution in [0.25, 0.3) is 0 Å². The zero-order valence-electron chi connectivity index (χ0n) is 35.1. The molecule has 279 valence electrons. The molecule has 0 aliphatic heterocycles. The Morgan fingerprint density at radius 1 is 0.820 bits per heavy atom. The maximum absolute atomic E-state index is 9.59. The molecule has 0 saturated heterocycles. The minimum absolute atomic E-state index is 0. The van der Waals surface area contributed by atoms with Gasteiger partial charge in [-0.25, -0.2) is 27.4 Å². The van der Waals surface area contributed by atoms with Gasteiger partial charge in [0, 0.05) is 81.3 Å². The number of hydrogen-bond donors (Lipinski definition) is 0. The van der Waals surface area contributed by atoms with Crippen LogP contribution in [-0.4, -0.2) is 41.5 Å². The zero-order chi connectivity index (χ0) is 38.9. The first kappa shape index (κ1) is 53.4. The molecule has 1 radical (unpaired) electrons. The van der Waals surface area contributed by atoms with Crippen molar-refractivity contribution in [1.29, 1.82) is 0 Å². The second-order valence-electron chi connectivity index (χ2n) is 10.8. The number of esters is 1. The maximum atomic E-state index is 9.59. The minimum Gasteiger partial charge on any atom is -0.469 e. The molecule has 5 aromatic rings. The van der Waals surface area contributed by atoms with Gasteiger partial charge in [-0.15, -0.1) is 10.2 Å². The van der Waals surface area contributed by atoms with Crippen molar-refractivity contribution in [3.8, 4) is 0 Å². The number of benzene rings is 1. The molecule has 50 heavy (non-hydrogen) atoms. The van der Waals surface area contributed by atoms with E-state index in [2.05, 4.69) is 106 Å². The first-order chi connectivity index (χ1) is 22.9. The SMILES string of the molecule is CC.CC.COC(C)=O.Cc1c(C)[n+](C)c(C)n1C.Cc1c[n+](C)cn1C.Cc1cc[c-]cc1.Cc1n(C)cc[n+]1C.Cc1nncn1C.[Y]. The van der Waals surface area contributed by atoms with Gasteiger partial charge in [0.15, 0.2) is 0 Å². The van der Waals surface area contributed by atoms with Crippen molar-refractivity contribution in [2.75, 3.05) is 7.11 Å². The molecular formula is C38H69N9O2Y+2. The predicted molar refractivity (Wildman–Crippen MR) is 200 cm³/mol. The van der Waals surface area contributed by atoms with Crippen LogP contribution in [0.2, 0.25) is 0 Å². The normalized spacial score (nSPS) is 8.72. The third kappa shape index (κ3) is 22.3. The van der Waals surface area contributed by atoms with Crippen LogP contribution < -0.4 is 13.7 Å². The van der Waals surface area contributed by atoms with E-state index in [-0.39, 0.29) is 38.7 Å². The summed E-state index contributed by atoms with van der Waals surface area (Å²) < 4.78 is 18.7. The van der Waals surface area contributed by atoms with Gasteiger partial charge in [0.05, 0.1) is 49.4 Å². The fourth-order valence-corrected chi connectivity index (χ4v) is 3.45.